The summed E-state index contributed by atoms with van der Waals surface area (Å²) < 4.78 is 16.0. The summed E-state index contributed by atoms with van der Waals surface area (Å²) in [6, 6.07) is 8.39. The van der Waals surface area contributed by atoms with Crippen LogP contribution in [0.4, 0.5) is 0 Å². The Bertz CT molecular complexity index is 337. The van der Waals surface area contributed by atoms with Crippen LogP contribution in [0.3, 0.4) is 0 Å². The molecule has 4 nitrogen and oxygen atoms in total. The predicted molar refractivity (Wildman–Crippen MR) is 65.4 cm³/mol. The lowest BCUT2D eigenvalue weighted by Gasteiger charge is -2.24. The Balaban J connectivity index is 1.95. The van der Waals surface area contributed by atoms with Crippen LogP contribution in [-0.2, 0) is 9.47 Å². The average molecular weight is 237 g/mol. The van der Waals surface area contributed by atoms with Gasteiger partial charge in [0.25, 0.3) is 0 Å². The Morgan fingerprint density at radius 2 is 2.35 bits per heavy atom. The summed E-state index contributed by atoms with van der Waals surface area (Å²) in [7, 11) is 1.67. The van der Waals surface area contributed by atoms with E-state index in [0.717, 1.165) is 25.5 Å². The first-order chi connectivity index (χ1) is 8.40. The van der Waals surface area contributed by atoms with Gasteiger partial charge in [0.2, 0.25) is 0 Å². The Kier molecular flexibility index (Phi) is 4.79. The van der Waals surface area contributed by atoms with E-state index in [1.165, 1.54) is 5.56 Å². The largest absolute Gasteiger partial charge is 0.491 e. The lowest BCUT2D eigenvalue weighted by Crippen LogP contribution is -2.34. The van der Waals surface area contributed by atoms with Crippen molar-refractivity contribution < 1.29 is 14.2 Å². The van der Waals surface area contributed by atoms with Crippen LogP contribution in [0.2, 0.25) is 0 Å². The number of hydrogen-bond acceptors (Lipinski definition) is 4. The first-order valence-corrected chi connectivity index (χ1v) is 5.93. The first kappa shape index (κ1) is 12.4. The summed E-state index contributed by atoms with van der Waals surface area (Å²) in [6.07, 6.45) is 0. The minimum atomic E-state index is 0.273. The van der Waals surface area contributed by atoms with Gasteiger partial charge in [-0.3, -0.25) is 0 Å². The predicted octanol–water partition coefficient (Wildman–Crippen LogP) is 1.37. The molecule has 1 heterocycles. The van der Waals surface area contributed by atoms with Gasteiger partial charge in [-0.05, 0) is 17.7 Å². The number of ether oxygens (including phenoxy) is 3. The molecular formula is C13H19NO3. The lowest BCUT2D eigenvalue weighted by molar-refractivity contribution is 0.0767. The van der Waals surface area contributed by atoms with E-state index in [-0.39, 0.29) is 6.04 Å². The second-order valence-corrected chi connectivity index (χ2v) is 4.00. The summed E-state index contributed by atoms with van der Waals surface area (Å²) in [6.45, 7) is 3.60. The molecule has 1 aliphatic rings. The standard InChI is InChI=1S/C13H19NO3/c1-15-7-8-17-12-4-2-3-11(9-12)13-10-16-6-5-14-13/h2-4,9,13-14H,5-8,10H2,1H3/t13-/m0/s1. The lowest BCUT2D eigenvalue weighted by atomic mass is 10.1. The normalized spacial score (nSPS) is 20.2. The smallest absolute Gasteiger partial charge is 0.119 e. The van der Waals surface area contributed by atoms with Crippen molar-refractivity contribution in [3.8, 4) is 5.75 Å². The number of hydrogen-bond donors (Lipinski definition) is 1. The van der Waals surface area contributed by atoms with Gasteiger partial charge in [0.1, 0.15) is 12.4 Å². The highest BCUT2D eigenvalue weighted by atomic mass is 16.5. The highest BCUT2D eigenvalue weighted by Crippen LogP contribution is 2.20. The Morgan fingerprint density at radius 1 is 1.41 bits per heavy atom. The maximum Gasteiger partial charge on any atom is 0.119 e. The SMILES string of the molecule is COCCOc1cccc([C@@H]2COCCN2)c1. The molecule has 4 heteroatoms. The van der Waals surface area contributed by atoms with E-state index in [1.54, 1.807) is 7.11 Å². The van der Waals surface area contributed by atoms with Crippen molar-refractivity contribution in [2.24, 2.45) is 0 Å². The van der Waals surface area contributed by atoms with Crippen LogP contribution in [0.1, 0.15) is 11.6 Å². The zero-order chi connectivity index (χ0) is 11.9. The topological polar surface area (TPSA) is 39.7 Å². The highest BCUT2D eigenvalue weighted by molar-refractivity contribution is 5.30. The third kappa shape index (κ3) is 3.70. The summed E-state index contributed by atoms with van der Waals surface area (Å²) in [4.78, 5) is 0. The van der Waals surface area contributed by atoms with Crippen molar-refractivity contribution in [1.29, 1.82) is 0 Å². The van der Waals surface area contributed by atoms with Crippen LogP contribution in [0.15, 0.2) is 24.3 Å². The second kappa shape index (κ2) is 6.59. The third-order valence-corrected chi connectivity index (χ3v) is 2.74. The van der Waals surface area contributed by atoms with Gasteiger partial charge >= 0.3 is 0 Å². The molecule has 0 spiro atoms. The van der Waals surface area contributed by atoms with Crippen LogP contribution in [-0.4, -0.2) is 40.1 Å². The number of rotatable bonds is 5. The van der Waals surface area contributed by atoms with Gasteiger partial charge in [-0.1, -0.05) is 12.1 Å². The van der Waals surface area contributed by atoms with Crippen LogP contribution in [0.25, 0.3) is 0 Å². The van der Waals surface area contributed by atoms with Crippen LogP contribution in [0, 0.1) is 0 Å². The number of nitrogens with one attached hydrogen (secondary N) is 1. The molecule has 1 fully saturated rings. The molecule has 0 saturated carbocycles. The number of morpholine rings is 1. The van der Waals surface area contributed by atoms with Crippen molar-refractivity contribution >= 4 is 0 Å². The van der Waals surface area contributed by atoms with Crippen molar-refractivity contribution in [3.05, 3.63) is 29.8 Å². The van der Waals surface area contributed by atoms with E-state index >= 15 is 0 Å². The van der Waals surface area contributed by atoms with E-state index in [0.29, 0.717) is 13.2 Å². The van der Waals surface area contributed by atoms with E-state index in [9.17, 15) is 0 Å². The molecular weight excluding hydrogens is 218 g/mol. The van der Waals surface area contributed by atoms with E-state index < -0.39 is 0 Å². The van der Waals surface area contributed by atoms with Crippen LogP contribution < -0.4 is 10.1 Å². The van der Waals surface area contributed by atoms with Gasteiger partial charge < -0.3 is 19.5 Å². The molecule has 1 N–H and O–H groups in total. The van der Waals surface area contributed by atoms with Crippen LogP contribution >= 0.6 is 0 Å². The molecule has 1 aromatic carbocycles. The average Bonchev–Trinajstić information content (AvgIpc) is 2.41. The van der Waals surface area contributed by atoms with Gasteiger partial charge in [0.05, 0.1) is 25.9 Å². The molecule has 1 saturated heterocycles. The molecule has 0 amide bonds. The maximum atomic E-state index is 5.58. The Morgan fingerprint density at radius 3 is 3.12 bits per heavy atom. The van der Waals surface area contributed by atoms with E-state index in [1.807, 2.05) is 12.1 Å². The van der Waals surface area contributed by atoms with Crippen molar-refractivity contribution in [2.45, 2.75) is 6.04 Å². The molecule has 1 atom stereocenters. The quantitative estimate of drug-likeness (QED) is 0.785. The summed E-state index contributed by atoms with van der Waals surface area (Å²) in [5.74, 6) is 0.881. The van der Waals surface area contributed by atoms with E-state index in [4.69, 9.17) is 14.2 Å². The number of benzene rings is 1. The first-order valence-electron chi connectivity index (χ1n) is 5.93. The van der Waals surface area contributed by atoms with Crippen molar-refractivity contribution in [3.63, 3.8) is 0 Å². The summed E-state index contributed by atoms with van der Waals surface area (Å²) >= 11 is 0. The molecule has 0 bridgehead atoms. The highest BCUT2D eigenvalue weighted by Gasteiger charge is 2.15. The zero-order valence-corrected chi connectivity index (χ0v) is 10.1. The second-order valence-electron chi connectivity index (χ2n) is 4.00. The van der Waals surface area contributed by atoms with Gasteiger partial charge in [-0.2, -0.15) is 0 Å². The Labute approximate surface area is 102 Å². The summed E-state index contributed by atoms with van der Waals surface area (Å²) in [5.41, 5.74) is 1.21. The van der Waals surface area contributed by atoms with Gasteiger partial charge in [0, 0.05) is 13.7 Å². The monoisotopic (exact) mass is 237 g/mol. The molecule has 0 radical (unpaired) electrons. The van der Waals surface area contributed by atoms with Crippen molar-refractivity contribution in [2.75, 3.05) is 40.1 Å². The minimum absolute atomic E-state index is 0.273. The van der Waals surface area contributed by atoms with Gasteiger partial charge in [-0.15, -0.1) is 0 Å². The molecule has 0 unspecified atom stereocenters. The third-order valence-electron chi connectivity index (χ3n) is 2.74. The molecule has 1 aliphatic heterocycles. The number of methoxy groups -OCH3 is 1. The minimum Gasteiger partial charge on any atom is -0.491 e. The van der Waals surface area contributed by atoms with Gasteiger partial charge in [-0.25, -0.2) is 0 Å². The molecule has 0 aromatic heterocycles. The van der Waals surface area contributed by atoms with Crippen LogP contribution in [0.5, 0.6) is 5.75 Å². The molecule has 17 heavy (non-hydrogen) atoms. The fraction of sp³-hybridized carbons (Fsp3) is 0.538. The molecule has 2 rings (SSSR count). The summed E-state index contributed by atoms with van der Waals surface area (Å²) in [5, 5.41) is 3.42. The fourth-order valence-corrected chi connectivity index (χ4v) is 1.84. The Hall–Kier alpha value is -1.10. The molecule has 0 aliphatic carbocycles. The van der Waals surface area contributed by atoms with Crippen molar-refractivity contribution in [1.82, 2.24) is 5.32 Å². The van der Waals surface area contributed by atoms with Gasteiger partial charge in [0.15, 0.2) is 0 Å². The molecule has 94 valence electrons. The van der Waals surface area contributed by atoms with E-state index in [2.05, 4.69) is 17.4 Å². The fourth-order valence-electron chi connectivity index (χ4n) is 1.84. The zero-order valence-electron chi connectivity index (χ0n) is 10.1. The maximum absolute atomic E-state index is 5.58. The molecule has 1 aromatic rings.